The number of methoxy groups -OCH3 is 1. The van der Waals surface area contributed by atoms with Crippen LogP contribution >= 0.6 is 0 Å². The first-order valence-electron chi connectivity index (χ1n) is 6.49. The van der Waals surface area contributed by atoms with Crippen molar-refractivity contribution in [2.24, 2.45) is 0 Å². The number of benzene rings is 1. The first kappa shape index (κ1) is 13.2. The Hall–Kier alpha value is -2.82. The molecule has 5 heteroatoms. The number of ether oxygens (including phenoxy) is 1. The van der Waals surface area contributed by atoms with E-state index < -0.39 is 5.97 Å². The zero-order valence-corrected chi connectivity index (χ0v) is 11.7. The minimum atomic E-state index is -0.478. The second-order valence-electron chi connectivity index (χ2n) is 4.56. The van der Waals surface area contributed by atoms with E-state index >= 15 is 0 Å². The van der Waals surface area contributed by atoms with Crippen LogP contribution in [-0.2, 0) is 4.74 Å². The maximum Gasteiger partial charge on any atom is 0.358 e. The van der Waals surface area contributed by atoms with Crippen LogP contribution in [0.5, 0.6) is 0 Å². The monoisotopic (exact) mass is 282 g/mol. The molecule has 3 aromatic rings. The number of nitrogens with zero attached hydrogens (tertiary/aromatic N) is 2. The molecule has 0 aliphatic rings. The average molecular weight is 282 g/mol. The van der Waals surface area contributed by atoms with Crippen LogP contribution < -0.4 is 0 Å². The summed E-state index contributed by atoms with van der Waals surface area (Å²) >= 11 is 0. The fourth-order valence-electron chi connectivity index (χ4n) is 2.10. The van der Waals surface area contributed by atoms with E-state index in [9.17, 15) is 4.79 Å². The molecular weight excluding hydrogens is 268 g/mol. The summed E-state index contributed by atoms with van der Waals surface area (Å²) in [6, 6.07) is 14.9. The summed E-state index contributed by atoms with van der Waals surface area (Å²) < 4.78 is 12.1. The number of para-hydroxylation sites is 1. The van der Waals surface area contributed by atoms with Gasteiger partial charge in [0.1, 0.15) is 11.5 Å². The summed E-state index contributed by atoms with van der Waals surface area (Å²) in [7, 11) is 1.33. The van der Waals surface area contributed by atoms with Gasteiger partial charge < -0.3 is 9.15 Å². The lowest BCUT2D eigenvalue weighted by atomic mass is 10.2. The van der Waals surface area contributed by atoms with Gasteiger partial charge in [-0.2, -0.15) is 5.10 Å². The number of carbonyl (C=O) groups excluding carboxylic acids is 1. The van der Waals surface area contributed by atoms with Gasteiger partial charge in [-0.3, -0.25) is 0 Å². The average Bonchev–Trinajstić information content (AvgIpc) is 3.13. The highest BCUT2D eigenvalue weighted by Gasteiger charge is 2.18. The topological polar surface area (TPSA) is 57.3 Å². The van der Waals surface area contributed by atoms with E-state index in [-0.39, 0.29) is 5.69 Å². The molecule has 0 amide bonds. The first-order valence-corrected chi connectivity index (χ1v) is 6.49. The third-order valence-electron chi connectivity index (χ3n) is 3.10. The fourth-order valence-corrected chi connectivity index (χ4v) is 2.10. The summed E-state index contributed by atoms with van der Waals surface area (Å²) in [4.78, 5) is 11.7. The molecule has 0 fully saturated rings. The molecule has 1 aromatic carbocycles. The van der Waals surface area contributed by atoms with E-state index in [1.54, 1.807) is 10.7 Å². The van der Waals surface area contributed by atoms with Crippen LogP contribution in [-0.4, -0.2) is 22.9 Å². The first-order chi connectivity index (χ1) is 10.2. The normalized spacial score (nSPS) is 10.6. The lowest BCUT2D eigenvalue weighted by Gasteiger charge is -2.04. The van der Waals surface area contributed by atoms with E-state index in [1.807, 2.05) is 49.4 Å². The molecule has 106 valence electrons. The largest absolute Gasteiger partial charge is 0.464 e. The molecule has 2 aromatic heterocycles. The molecule has 0 saturated heterocycles. The third kappa shape index (κ3) is 2.45. The van der Waals surface area contributed by atoms with Gasteiger partial charge in [0.25, 0.3) is 0 Å². The molecule has 0 aliphatic carbocycles. The lowest BCUT2D eigenvalue weighted by molar-refractivity contribution is 0.0593. The van der Waals surface area contributed by atoms with Gasteiger partial charge in [0.15, 0.2) is 11.5 Å². The smallest absolute Gasteiger partial charge is 0.358 e. The minimum Gasteiger partial charge on any atom is -0.464 e. The van der Waals surface area contributed by atoms with E-state index in [2.05, 4.69) is 5.10 Å². The Bertz CT molecular complexity index is 772. The molecular formula is C16H14N2O3. The standard InChI is InChI=1S/C16H14N2O3/c1-11-8-9-15(21-11)14-10-13(16(19)20-2)17-18(14)12-6-4-3-5-7-12/h3-10H,1-2H3. The number of rotatable bonds is 3. The third-order valence-corrected chi connectivity index (χ3v) is 3.10. The molecule has 2 heterocycles. The molecule has 0 aliphatic heterocycles. The van der Waals surface area contributed by atoms with Crippen molar-refractivity contribution in [2.45, 2.75) is 6.92 Å². The highest BCUT2D eigenvalue weighted by molar-refractivity contribution is 5.88. The fraction of sp³-hybridized carbons (Fsp3) is 0.125. The van der Waals surface area contributed by atoms with Crippen LogP contribution in [0, 0.1) is 6.92 Å². The van der Waals surface area contributed by atoms with Crippen molar-refractivity contribution in [2.75, 3.05) is 7.11 Å². The van der Waals surface area contributed by atoms with E-state index in [1.165, 1.54) is 7.11 Å². The quantitative estimate of drug-likeness (QED) is 0.692. The van der Waals surface area contributed by atoms with Gasteiger partial charge in [-0.25, -0.2) is 9.48 Å². The maximum atomic E-state index is 11.7. The second-order valence-corrected chi connectivity index (χ2v) is 4.56. The van der Waals surface area contributed by atoms with Crippen molar-refractivity contribution in [3.8, 4) is 17.1 Å². The highest BCUT2D eigenvalue weighted by Crippen LogP contribution is 2.26. The van der Waals surface area contributed by atoms with Crippen LogP contribution in [0.3, 0.4) is 0 Å². The van der Waals surface area contributed by atoms with Crippen molar-refractivity contribution in [1.82, 2.24) is 9.78 Å². The number of furan rings is 1. The molecule has 21 heavy (non-hydrogen) atoms. The van der Waals surface area contributed by atoms with Gasteiger partial charge >= 0.3 is 5.97 Å². The van der Waals surface area contributed by atoms with E-state index in [0.29, 0.717) is 11.5 Å². The van der Waals surface area contributed by atoms with Crippen molar-refractivity contribution >= 4 is 5.97 Å². The molecule has 0 N–H and O–H groups in total. The van der Waals surface area contributed by atoms with E-state index in [0.717, 1.165) is 11.4 Å². The SMILES string of the molecule is COC(=O)c1cc(-c2ccc(C)o2)n(-c2ccccc2)n1. The molecule has 3 rings (SSSR count). The van der Waals surface area contributed by atoms with Crippen molar-refractivity contribution < 1.29 is 13.9 Å². The summed E-state index contributed by atoms with van der Waals surface area (Å²) in [5.74, 6) is 0.971. The Labute approximate surface area is 121 Å². The summed E-state index contributed by atoms with van der Waals surface area (Å²) in [5.41, 5.74) is 1.79. The molecule has 0 bridgehead atoms. The highest BCUT2D eigenvalue weighted by atomic mass is 16.5. The van der Waals surface area contributed by atoms with Crippen molar-refractivity contribution in [1.29, 1.82) is 0 Å². The van der Waals surface area contributed by atoms with Gasteiger partial charge in [-0.1, -0.05) is 18.2 Å². The van der Waals surface area contributed by atoms with E-state index in [4.69, 9.17) is 9.15 Å². The van der Waals surface area contributed by atoms with Crippen LogP contribution in [0.4, 0.5) is 0 Å². The number of hydrogen-bond donors (Lipinski definition) is 0. The number of hydrogen-bond acceptors (Lipinski definition) is 4. The van der Waals surface area contributed by atoms with Crippen molar-refractivity contribution in [3.63, 3.8) is 0 Å². The zero-order valence-electron chi connectivity index (χ0n) is 11.7. The molecule has 0 radical (unpaired) electrons. The predicted molar refractivity (Wildman–Crippen MR) is 77.3 cm³/mol. The Morgan fingerprint density at radius 2 is 1.95 bits per heavy atom. The number of aryl methyl sites for hydroxylation is 1. The molecule has 0 atom stereocenters. The van der Waals surface area contributed by atoms with Crippen LogP contribution in [0.15, 0.2) is 52.9 Å². The predicted octanol–water partition coefficient (Wildman–Crippen LogP) is 3.23. The Morgan fingerprint density at radius 3 is 2.57 bits per heavy atom. The Balaban J connectivity index is 2.17. The molecule has 5 nitrogen and oxygen atoms in total. The Kier molecular flexibility index (Phi) is 3.31. The zero-order chi connectivity index (χ0) is 14.8. The van der Waals surface area contributed by atoms with Crippen molar-refractivity contribution in [3.05, 3.63) is 60.0 Å². The minimum absolute atomic E-state index is 0.241. The number of aromatic nitrogens is 2. The molecule has 0 saturated carbocycles. The van der Waals surface area contributed by atoms with Gasteiger partial charge in [0.2, 0.25) is 0 Å². The van der Waals surface area contributed by atoms with Crippen LogP contribution in [0.25, 0.3) is 17.1 Å². The summed E-state index contributed by atoms with van der Waals surface area (Å²) in [6.45, 7) is 1.87. The second kappa shape index (κ2) is 5.28. The maximum absolute atomic E-state index is 11.7. The summed E-state index contributed by atoms with van der Waals surface area (Å²) in [5, 5.41) is 4.32. The molecule has 0 unspecified atom stereocenters. The number of carbonyl (C=O) groups is 1. The lowest BCUT2D eigenvalue weighted by Crippen LogP contribution is -2.04. The Morgan fingerprint density at radius 1 is 1.19 bits per heavy atom. The van der Waals surface area contributed by atoms with Gasteiger partial charge in [0.05, 0.1) is 12.8 Å². The van der Waals surface area contributed by atoms with Crippen LogP contribution in [0.1, 0.15) is 16.2 Å². The van der Waals surface area contributed by atoms with Gasteiger partial charge in [-0.05, 0) is 31.2 Å². The summed E-state index contributed by atoms with van der Waals surface area (Å²) in [6.07, 6.45) is 0. The van der Waals surface area contributed by atoms with Crippen LogP contribution in [0.2, 0.25) is 0 Å². The molecule has 0 spiro atoms. The van der Waals surface area contributed by atoms with Gasteiger partial charge in [-0.15, -0.1) is 0 Å². The number of esters is 1. The van der Waals surface area contributed by atoms with Gasteiger partial charge in [0, 0.05) is 6.07 Å².